The Kier molecular flexibility index (Phi) is 9.59. The van der Waals surface area contributed by atoms with Crippen LogP contribution < -0.4 is 9.47 Å². The van der Waals surface area contributed by atoms with E-state index in [0.29, 0.717) is 65.7 Å². The summed E-state index contributed by atoms with van der Waals surface area (Å²) in [6, 6.07) is 19.6. The van der Waals surface area contributed by atoms with Gasteiger partial charge in [0.25, 0.3) is 0 Å². The van der Waals surface area contributed by atoms with Crippen molar-refractivity contribution in [1.82, 2.24) is 14.7 Å². The highest BCUT2D eigenvalue weighted by molar-refractivity contribution is 6.30. The molecule has 10 heteroatoms. The van der Waals surface area contributed by atoms with Gasteiger partial charge in [0, 0.05) is 42.3 Å². The van der Waals surface area contributed by atoms with Gasteiger partial charge in [0.1, 0.15) is 29.2 Å². The number of amides is 2. The summed E-state index contributed by atoms with van der Waals surface area (Å²) in [5.74, 6) is 1.83. The Morgan fingerprint density at radius 1 is 0.907 bits per heavy atom. The van der Waals surface area contributed by atoms with E-state index in [1.54, 1.807) is 18.9 Å². The number of hydrogen-bond acceptors (Lipinski definition) is 6. The highest BCUT2D eigenvalue weighted by Gasteiger charge is 2.45. The van der Waals surface area contributed by atoms with Crippen LogP contribution in [-0.2, 0) is 4.79 Å². The number of amidine groups is 1. The monoisotopic (exact) mass is 622 g/mol. The molecular formula is C33H36Cl2N4O4. The standard InChI is InChI=1S/C33H36Cl2N4O4/c1-21(2)43-29-19-27(42-4)13-14-28(29)32-36-30(23-5-9-25(34)10-6-23)31(24-7-11-26(35)12-8-24)39(32)33(41)38-17-15-37(16-18-38)20-22(3)40/h5-14,19,21,30-31H,15-18,20H2,1-4H3/t30-,31+/m1/s1. The summed E-state index contributed by atoms with van der Waals surface area (Å²) in [5.41, 5.74) is 2.50. The quantitative estimate of drug-likeness (QED) is 0.281. The van der Waals surface area contributed by atoms with Gasteiger partial charge in [-0.3, -0.25) is 19.6 Å². The SMILES string of the molecule is COc1ccc(C2=N[C@H](c3ccc(Cl)cc3)[C@H](c3ccc(Cl)cc3)N2C(=O)N2CCN(CC(C)=O)CC2)c(OC(C)C)c1. The second-order valence-electron chi connectivity index (χ2n) is 11.1. The molecule has 0 aliphatic carbocycles. The summed E-state index contributed by atoms with van der Waals surface area (Å²) in [7, 11) is 1.61. The van der Waals surface area contributed by atoms with Gasteiger partial charge in [0.05, 0.1) is 31.4 Å². The zero-order valence-electron chi connectivity index (χ0n) is 24.8. The van der Waals surface area contributed by atoms with Gasteiger partial charge in [-0.25, -0.2) is 4.79 Å². The molecule has 1 saturated heterocycles. The summed E-state index contributed by atoms with van der Waals surface area (Å²) in [6.45, 7) is 8.09. The number of ether oxygens (including phenoxy) is 2. The number of carbonyl (C=O) groups excluding carboxylic acids is 2. The maximum absolute atomic E-state index is 14.6. The number of hydrogen-bond donors (Lipinski definition) is 0. The molecule has 2 heterocycles. The number of aliphatic imine (C=N–C) groups is 1. The number of carbonyl (C=O) groups is 2. The molecule has 0 unspecified atom stereocenters. The third-order valence-electron chi connectivity index (χ3n) is 7.58. The number of Topliss-reactive ketones (excluding diaryl/α,β-unsaturated/α-hetero) is 1. The Morgan fingerprint density at radius 3 is 2.07 bits per heavy atom. The zero-order valence-corrected chi connectivity index (χ0v) is 26.3. The fraction of sp³-hybridized carbons (Fsp3) is 0.364. The predicted octanol–water partition coefficient (Wildman–Crippen LogP) is 6.66. The van der Waals surface area contributed by atoms with Gasteiger partial charge in [-0.15, -0.1) is 0 Å². The summed E-state index contributed by atoms with van der Waals surface area (Å²) in [4.78, 5) is 37.3. The fourth-order valence-corrected chi connectivity index (χ4v) is 5.84. The Morgan fingerprint density at radius 2 is 1.51 bits per heavy atom. The van der Waals surface area contributed by atoms with Crippen LogP contribution in [0.25, 0.3) is 0 Å². The number of halogens is 2. The summed E-state index contributed by atoms with van der Waals surface area (Å²) >= 11 is 12.6. The maximum atomic E-state index is 14.6. The topological polar surface area (TPSA) is 74.7 Å². The Hall–Kier alpha value is -3.59. The maximum Gasteiger partial charge on any atom is 0.326 e. The average Bonchev–Trinajstić information content (AvgIpc) is 3.37. The first-order valence-electron chi connectivity index (χ1n) is 14.4. The number of rotatable bonds is 8. The number of urea groups is 1. The minimum Gasteiger partial charge on any atom is -0.497 e. The molecule has 43 heavy (non-hydrogen) atoms. The van der Waals surface area contributed by atoms with Gasteiger partial charge in [0.15, 0.2) is 0 Å². The summed E-state index contributed by atoms with van der Waals surface area (Å²) < 4.78 is 11.8. The van der Waals surface area contributed by atoms with Crippen LogP contribution in [0, 0.1) is 0 Å². The molecule has 0 saturated carbocycles. The highest BCUT2D eigenvalue weighted by atomic mass is 35.5. The molecule has 2 atom stereocenters. The lowest BCUT2D eigenvalue weighted by Crippen LogP contribution is -2.54. The van der Waals surface area contributed by atoms with Crippen molar-refractivity contribution >= 4 is 40.9 Å². The Bertz CT molecular complexity index is 1490. The van der Waals surface area contributed by atoms with Crippen molar-refractivity contribution in [3.63, 3.8) is 0 Å². The molecular weight excluding hydrogens is 587 g/mol. The minimum atomic E-state index is -0.467. The van der Waals surface area contributed by atoms with Gasteiger partial charge >= 0.3 is 6.03 Å². The molecule has 2 aliphatic rings. The van der Waals surface area contributed by atoms with Gasteiger partial charge < -0.3 is 14.4 Å². The second kappa shape index (κ2) is 13.4. The van der Waals surface area contributed by atoms with Crippen LogP contribution in [0.3, 0.4) is 0 Å². The number of nitrogens with zero attached hydrogens (tertiary/aromatic N) is 4. The molecule has 0 aromatic heterocycles. The smallest absolute Gasteiger partial charge is 0.326 e. The normalized spacial score (nSPS) is 19.0. The molecule has 0 spiro atoms. The van der Waals surface area contributed by atoms with Crippen LogP contribution in [-0.4, -0.2) is 78.3 Å². The van der Waals surface area contributed by atoms with Crippen molar-refractivity contribution in [1.29, 1.82) is 0 Å². The number of benzene rings is 3. The van der Waals surface area contributed by atoms with E-state index in [1.165, 1.54) is 0 Å². The first-order chi connectivity index (χ1) is 20.6. The predicted molar refractivity (Wildman–Crippen MR) is 170 cm³/mol. The van der Waals surface area contributed by atoms with Gasteiger partial charge in [0.2, 0.25) is 0 Å². The first kappa shape index (κ1) is 30.9. The van der Waals surface area contributed by atoms with E-state index in [2.05, 4.69) is 4.90 Å². The van der Waals surface area contributed by atoms with E-state index in [-0.39, 0.29) is 17.9 Å². The van der Waals surface area contributed by atoms with Crippen LogP contribution in [0.4, 0.5) is 4.79 Å². The van der Waals surface area contributed by atoms with Crippen molar-refractivity contribution in [2.45, 2.75) is 39.0 Å². The van der Waals surface area contributed by atoms with Gasteiger partial charge in [-0.1, -0.05) is 47.5 Å². The van der Waals surface area contributed by atoms with Crippen LogP contribution in [0.1, 0.15) is 49.5 Å². The van der Waals surface area contributed by atoms with Crippen molar-refractivity contribution < 1.29 is 19.1 Å². The van der Waals surface area contributed by atoms with Crippen molar-refractivity contribution in [3.05, 3.63) is 93.5 Å². The van der Waals surface area contributed by atoms with Crippen molar-refractivity contribution in [3.8, 4) is 11.5 Å². The third-order valence-corrected chi connectivity index (χ3v) is 8.08. The lowest BCUT2D eigenvalue weighted by molar-refractivity contribution is -0.118. The van der Waals surface area contributed by atoms with Gasteiger partial charge in [-0.05, 0) is 68.3 Å². The van der Waals surface area contributed by atoms with Crippen LogP contribution in [0.2, 0.25) is 10.0 Å². The van der Waals surface area contributed by atoms with E-state index < -0.39 is 12.1 Å². The molecule has 3 aromatic carbocycles. The molecule has 226 valence electrons. The number of ketones is 1. The lowest BCUT2D eigenvalue weighted by Gasteiger charge is -2.39. The molecule has 8 nitrogen and oxygen atoms in total. The molecule has 0 bridgehead atoms. The van der Waals surface area contributed by atoms with Crippen molar-refractivity contribution in [2.24, 2.45) is 4.99 Å². The lowest BCUT2D eigenvalue weighted by atomic mass is 9.93. The zero-order chi connectivity index (χ0) is 30.7. The molecule has 1 fully saturated rings. The van der Waals surface area contributed by atoms with E-state index >= 15 is 0 Å². The average molecular weight is 624 g/mol. The molecule has 5 rings (SSSR count). The molecule has 0 N–H and O–H groups in total. The van der Waals surface area contributed by atoms with Crippen LogP contribution in [0.15, 0.2) is 71.7 Å². The molecule has 2 aliphatic heterocycles. The largest absolute Gasteiger partial charge is 0.497 e. The second-order valence-corrected chi connectivity index (χ2v) is 12.0. The van der Waals surface area contributed by atoms with E-state index in [0.717, 1.165) is 11.1 Å². The first-order valence-corrected chi connectivity index (χ1v) is 15.1. The molecule has 2 amide bonds. The fourth-order valence-electron chi connectivity index (χ4n) is 5.58. The summed E-state index contributed by atoms with van der Waals surface area (Å²) in [6.07, 6.45) is -0.120. The number of piperazine rings is 1. The number of methoxy groups -OCH3 is 1. The van der Waals surface area contributed by atoms with Crippen LogP contribution >= 0.6 is 23.2 Å². The van der Waals surface area contributed by atoms with Crippen molar-refractivity contribution in [2.75, 3.05) is 39.8 Å². The van der Waals surface area contributed by atoms with Crippen LogP contribution in [0.5, 0.6) is 11.5 Å². The minimum absolute atomic E-state index is 0.111. The third kappa shape index (κ3) is 6.98. The van der Waals surface area contributed by atoms with E-state index in [9.17, 15) is 9.59 Å². The van der Waals surface area contributed by atoms with Gasteiger partial charge in [-0.2, -0.15) is 0 Å². The molecule has 0 radical (unpaired) electrons. The Balaban J connectivity index is 1.63. The summed E-state index contributed by atoms with van der Waals surface area (Å²) in [5, 5.41) is 1.22. The Labute approximate surface area is 262 Å². The molecule has 3 aromatic rings. The van der Waals surface area contributed by atoms with E-state index in [4.69, 9.17) is 37.7 Å². The highest BCUT2D eigenvalue weighted by Crippen LogP contribution is 2.46. The van der Waals surface area contributed by atoms with E-state index in [1.807, 2.05) is 85.5 Å².